The molecule has 3 aromatic rings. The predicted octanol–water partition coefficient (Wildman–Crippen LogP) is 4.47. The van der Waals surface area contributed by atoms with Crippen LogP contribution in [0.2, 0.25) is 0 Å². The van der Waals surface area contributed by atoms with Gasteiger partial charge in [0, 0.05) is 11.5 Å². The van der Waals surface area contributed by atoms with Crippen molar-refractivity contribution in [2.75, 3.05) is 7.11 Å². The van der Waals surface area contributed by atoms with E-state index in [4.69, 9.17) is 9.47 Å². The largest absolute Gasteiger partial charge is 0.465 e. The number of carbonyl (C=O) groups is 2. The van der Waals surface area contributed by atoms with Crippen LogP contribution in [-0.2, 0) is 4.74 Å². The quantitative estimate of drug-likeness (QED) is 0.464. The molecule has 0 saturated heterocycles. The minimum Gasteiger partial charge on any atom is -0.465 e. The van der Waals surface area contributed by atoms with Crippen LogP contribution in [0, 0.1) is 0 Å². The fourth-order valence-corrected chi connectivity index (χ4v) is 3.62. The van der Waals surface area contributed by atoms with E-state index in [0.29, 0.717) is 34.8 Å². The maximum atomic E-state index is 11.7. The summed E-state index contributed by atoms with van der Waals surface area (Å²) in [6, 6.07) is 12.0. The van der Waals surface area contributed by atoms with Crippen LogP contribution in [0.15, 0.2) is 42.5 Å². The third-order valence-electron chi connectivity index (χ3n) is 4.26. The average Bonchev–Trinajstić information content (AvgIpc) is 3.45. The van der Waals surface area contributed by atoms with Gasteiger partial charge in [-0.25, -0.2) is 4.79 Å². The van der Waals surface area contributed by atoms with Gasteiger partial charge in [-0.05, 0) is 55.3 Å². The van der Waals surface area contributed by atoms with E-state index < -0.39 is 5.97 Å². The normalized spacial score (nSPS) is 13.2. The van der Waals surface area contributed by atoms with Crippen LogP contribution in [0.1, 0.15) is 44.5 Å². The molecule has 0 unspecified atom stereocenters. The minimum atomic E-state index is -0.490. The summed E-state index contributed by atoms with van der Waals surface area (Å²) in [7, 11) is 1.30. The predicted molar refractivity (Wildman–Crippen MR) is 101 cm³/mol. The zero-order chi connectivity index (χ0) is 18.8. The van der Waals surface area contributed by atoms with Crippen molar-refractivity contribution in [3.63, 3.8) is 0 Å². The second-order valence-electron chi connectivity index (χ2n) is 6.21. The molecule has 27 heavy (non-hydrogen) atoms. The first-order chi connectivity index (χ1) is 13.2. The molecule has 4 rings (SSSR count). The Balaban J connectivity index is 1.55. The molecule has 136 valence electrons. The molecule has 6 nitrogen and oxygen atoms in total. The van der Waals surface area contributed by atoms with Crippen LogP contribution in [0.3, 0.4) is 0 Å². The van der Waals surface area contributed by atoms with E-state index in [-0.39, 0.29) is 0 Å². The third-order valence-corrected chi connectivity index (χ3v) is 5.39. The Morgan fingerprint density at radius 3 is 2.59 bits per heavy atom. The summed E-state index contributed by atoms with van der Waals surface area (Å²) >= 11 is 1.62. The Kier molecular flexibility index (Phi) is 4.68. The van der Waals surface area contributed by atoms with Gasteiger partial charge < -0.3 is 9.47 Å². The summed E-state index contributed by atoms with van der Waals surface area (Å²) in [5, 5.41) is 10.5. The summed E-state index contributed by atoms with van der Waals surface area (Å²) in [6.07, 6.45) is 3.08. The number of hydrogen-bond donors (Lipinski definition) is 0. The molecule has 1 heterocycles. The molecule has 0 atom stereocenters. The number of carbonyl (C=O) groups excluding carboxylic acids is 2. The van der Waals surface area contributed by atoms with Crippen LogP contribution < -0.4 is 4.74 Å². The van der Waals surface area contributed by atoms with Crippen LogP contribution in [-0.4, -0.2) is 29.6 Å². The van der Waals surface area contributed by atoms with Crippen molar-refractivity contribution >= 4 is 23.6 Å². The summed E-state index contributed by atoms with van der Waals surface area (Å²) < 4.78 is 10.5. The highest BCUT2D eigenvalue weighted by Gasteiger charge is 2.27. The lowest BCUT2D eigenvalue weighted by molar-refractivity contribution is 0.0600. The number of methoxy groups -OCH3 is 1. The fraction of sp³-hybridized carbons (Fsp3) is 0.200. The fourth-order valence-electron chi connectivity index (χ4n) is 2.60. The second-order valence-corrected chi connectivity index (χ2v) is 7.22. The monoisotopic (exact) mass is 380 g/mol. The summed E-state index contributed by atoms with van der Waals surface area (Å²) in [5.41, 5.74) is 1.63. The maximum Gasteiger partial charge on any atom is 0.337 e. The number of aldehydes is 1. The Morgan fingerprint density at radius 2 is 1.93 bits per heavy atom. The summed E-state index contributed by atoms with van der Waals surface area (Å²) in [4.78, 5) is 23.0. The molecule has 1 fully saturated rings. The second kappa shape index (κ2) is 7.28. The van der Waals surface area contributed by atoms with E-state index in [0.717, 1.165) is 15.6 Å². The average molecular weight is 380 g/mol. The van der Waals surface area contributed by atoms with Gasteiger partial charge in [0.25, 0.3) is 0 Å². The number of ether oxygens (including phenoxy) is 2. The Labute approximate surface area is 159 Å². The summed E-state index contributed by atoms with van der Waals surface area (Å²) in [6.45, 7) is 0. The van der Waals surface area contributed by atoms with Gasteiger partial charge in [-0.1, -0.05) is 11.3 Å². The Morgan fingerprint density at radius 1 is 1.15 bits per heavy atom. The molecule has 1 aromatic heterocycles. The lowest BCUT2D eigenvalue weighted by Crippen LogP contribution is -2.02. The third kappa shape index (κ3) is 3.73. The molecule has 0 radical (unpaired) electrons. The lowest BCUT2D eigenvalue weighted by Gasteiger charge is -2.10. The molecular weight excluding hydrogens is 364 g/mol. The van der Waals surface area contributed by atoms with Gasteiger partial charge in [0.1, 0.15) is 21.5 Å². The summed E-state index contributed by atoms with van der Waals surface area (Å²) in [5.74, 6) is 0.946. The van der Waals surface area contributed by atoms with Crippen LogP contribution in [0.25, 0.3) is 10.6 Å². The van der Waals surface area contributed by atoms with Gasteiger partial charge >= 0.3 is 5.97 Å². The topological polar surface area (TPSA) is 78.4 Å². The van der Waals surface area contributed by atoms with Crippen molar-refractivity contribution in [3.05, 3.63) is 58.6 Å². The minimum absolute atomic E-state index is 0.299. The molecule has 0 spiro atoms. The van der Waals surface area contributed by atoms with Crippen molar-refractivity contribution in [1.82, 2.24) is 10.2 Å². The van der Waals surface area contributed by atoms with Crippen molar-refractivity contribution < 1.29 is 19.1 Å². The number of rotatable bonds is 6. The van der Waals surface area contributed by atoms with Crippen molar-refractivity contribution in [1.29, 1.82) is 0 Å². The number of esters is 1. The highest BCUT2D eigenvalue weighted by molar-refractivity contribution is 7.14. The molecule has 1 aliphatic carbocycles. The zero-order valence-corrected chi connectivity index (χ0v) is 15.4. The zero-order valence-electron chi connectivity index (χ0n) is 14.5. The smallest absolute Gasteiger partial charge is 0.337 e. The van der Waals surface area contributed by atoms with E-state index in [2.05, 4.69) is 10.2 Å². The van der Waals surface area contributed by atoms with Crippen LogP contribution >= 0.6 is 11.3 Å². The first-order valence-electron chi connectivity index (χ1n) is 8.47. The van der Waals surface area contributed by atoms with Crippen LogP contribution in [0.5, 0.6) is 11.5 Å². The van der Waals surface area contributed by atoms with Gasteiger partial charge in [0.2, 0.25) is 0 Å². The number of aromatic nitrogens is 2. The van der Waals surface area contributed by atoms with E-state index in [9.17, 15) is 9.59 Å². The SMILES string of the molecule is COC(=O)c1ccc(C=O)c(Oc2ccc(-c3nnc(C4CC4)s3)cc2)c1. The molecular formula is C20H16N2O4S. The van der Waals surface area contributed by atoms with Gasteiger partial charge in [0.15, 0.2) is 6.29 Å². The van der Waals surface area contributed by atoms with E-state index in [1.54, 1.807) is 23.5 Å². The molecule has 1 saturated carbocycles. The van der Waals surface area contributed by atoms with Crippen molar-refractivity contribution in [3.8, 4) is 22.1 Å². The Hall–Kier alpha value is -3.06. The van der Waals surface area contributed by atoms with Gasteiger partial charge in [-0.2, -0.15) is 0 Å². The highest BCUT2D eigenvalue weighted by atomic mass is 32.1. The first kappa shape index (κ1) is 17.4. The van der Waals surface area contributed by atoms with Gasteiger partial charge in [0.05, 0.1) is 18.2 Å². The van der Waals surface area contributed by atoms with Gasteiger partial charge in [-0.15, -0.1) is 10.2 Å². The molecule has 0 bridgehead atoms. The molecule has 0 aliphatic heterocycles. The highest BCUT2D eigenvalue weighted by Crippen LogP contribution is 2.42. The standard InChI is InChI=1S/C20H16N2O4S/c1-25-20(24)14-4-5-15(11-23)17(10-14)26-16-8-6-13(7-9-16)19-22-21-18(27-19)12-2-3-12/h4-12H,2-3H2,1H3. The number of hydrogen-bond acceptors (Lipinski definition) is 7. The molecule has 0 amide bonds. The van der Waals surface area contributed by atoms with E-state index in [1.165, 1.54) is 38.2 Å². The Bertz CT molecular complexity index is 993. The lowest BCUT2D eigenvalue weighted by atomic mass is 10.1. The number of benzene rings is 2. The van der Waals surface area contributed by atoms with Gasteiger partial charge in [-0.3, -0.25) is 4.79 Å². The van der Waals surface area contributed by atoms with E-state index in [1.807, 2.05) is 12.1 Å². The number of nitrogens with zero attached hydrogens (tertiary/aromatic N) is 2. The molecule has 2 aromatic carbocycles. The maximum absolute atomic E-state index is 11.7. The molecule has 0 N–H and O–H groups in total. The first-order valence-corrected chi connectivity index (χ1v) is 9.29. The molecule has 7 heteroatoms. The van der Waals surface area contributed by atoms with Crippen LogP contribution in [0.4, 0.5) is 0 Å². The van der Waals surface area contributed by atoms with Crippen molar-refractivity contribution in [2.45, 2.75) is 18.8 Å². The molecule has 1 aliphatic rings. The van der Waals surface area contributed by atoms with E-state index >= 15 is 0 Å². The van der Waals surface area contributed by atoms with Crippen molar-refractivity contribution in [2.24, 2.45) is 0 Å².